The van der Waals surface area contributed by atoms with E-state index in [0.29, 0.717) is 36.3 Å². The number of aromatic nitrogens is 5. The normalized spacial score (nSPS) is 17.5. The predicted molar refractivity (Wildman–Crippen MR) is 174 cm³/mol. The molecule has 0 aromatic carbocycles. The molecule has 1 aliphatic carbocycles. The second-order valence-corrected chi connectivity index (χ2v) is 13.6. The molecular formula is C34H42N8O3. The number of nitrogens with one attached hydrogen (secondary N) is 1. The number of pyridine rings is 2. The first-order chi connectivity index (χ1) is 21.5. The van der Waals surface area contributed by atoms with Crippen molar-refractivity contribution in [3.05, 3.63) is 75.2 Å². The van der Waals surface area contributed by atoms with Crippen molar-refractivity contribution < 1.29 is 9.53 Å². The fourth-order valence-electron chi connectivity index (χ4n) is 7.11. The van der Waals surface area contributed by atoms with E-state index in [4.69, 9.17) is 9.72 Å². The van der Waals surface area contributed by atoms with Crippen molar-refractivity contribution in [1.29, 1.82) is 0 Å². The highest BCUT2D eigenvalue weighted by Crippen LogP contribution is 2.40. The highest BCUT2D eigenvalue weighted by atomic mass is 16.5. The third kappa shape index (κ3) is 5.17. The first-order valence-electron chi connectivity index (χ1n) is 15.8. The Hall–Kier alpha value is -4.22. The van der Waals surface area contributed by atoms with Crippen LogP contribution in [0.3, 0.4) is 0 Å². The van der Waals surface area contributed by atoms with E-state index in [1.54, 1.807) is 17.8 Å². The zero-order valence-corrected chi connectivity index (χ0v) is 27.1. The van der Waals surface area contributed by atoms with Crippen molar-refractivity contribution in [2.24, 2.45) is 19.5 Å². The van der Waals surface area contributed by atoms with E-state index in [-0.39, 0.29) is 16.9 Å². The molecule has 2 aliphatic heterocycles. The molecule has 3 aliphatic rings. The van der Waals surface area contributed by atoms with E-state index in [1.807, 2.05) is 41.0 Å². The lowest BCUT2D eigenvalue weighted by Gasteiger charge is -2.34. The SMILES string of the molecule is CCc1c(-c2cc(Nc3cc(CN(C)C4COC4)n(C)n3)c(=O)n(C)c2)ccnc1N1CCn2c(cc3c2CC(C)(C)C3)C1=O. The third-order valence-electron chi connectivity index (χ3n) is 9.66. The van der Waals surface area contributed by atoms with E-state index in [9.17, 15) is 9.59 Å². The summed E-state index contributed by atoms with van der Waals surface area (Å²) >= 11 is 0. The predicted octanol–water partition coefficient (Wildman–Crippen LogP) is 3.90. The number of aryl methyl sites for hydroxylation is 2. The fourth-order valence-corrected chi connectivity index (χ4v) is 7.11. The van der Waals surface area contributed by atoms with E-state index >= 15 is 0 Å². The standard InChI is InChI=1S/C34H42N8O3/c1-7-25-26(8-9-35-31(25)42-11-10-41-28(33(42)44)13-21-15-34(2,3)16-29(21)41)22-12-27(32(43)39(5)17-22)36-30-14-23(40(6)37-30)18-38(4)24-19-45-20-24/h8-9,12-14,17,24H,7,10-11,15-16,18-20H2,1-6H3,(H,36,37). The molecule has 0 unspecified atom stereocenters. The van der Waals surface area contributed by atoms with Gasteiger partial charge in [0.2, 0.25) is 0 Å². The van der Waals surface area contributed by atoms with Gasteiger partial charge in [-0.1, -0.05) is 20.8 Å². The van der Waals surface area contributed by atoms with Crippen LogP contribution in [0.4, 0.5) is 17.3 Å². The van der Waals surface area contributed by atoms with Gasteiger partial charge in [0.1, 0.15) is 17.2 Å². The van der Waals surface area contributed by atoms with Gasteiger partial charge in [0.15, 0.2) is 5.82 Å². The van der Waals surface area contributed by atoms with E-state index in [2.05, 4.69) is 53.8 Å². The van der Waals surface area contributed by atoms with Gasteiger partial charge in [-0.2, -0.15) is 5.10 Å². The van der Waals surface area contributed by atoms with Gasteiger partial charge < -0.3 is 19.2 Å². The minimum atomic E-state index is -0.148. The molecule has 11 nitrogen and oxygen atoms in total. The van der Waals surface area contributed by atoms with Crippen LogP contribution in [0.2, 0.25) is 0 Å². The Balaban J connectivity index is 1.18. The summed E-state index contributed by atoms with van der Waals surface area (Å²) in [6.45, 7) is 10.2. The molecule has 0 radical (unpaired) electrons. The number of nitrogens with zero attached hydrogens (tertiary/aromatic N) is 7. The van der Waals surface area contributed by atoms with Crippen molar-refractivity contribution in [3.63, 3.8) is 0 Å². The molecule has 1 N–H and O–H groups in total. The van der Waals surface area contributed by atoms with Crippen molar-refractivity contribution in [1.82, 2.24) is 28.8 Å². The van der Waals surface area contributed by atoms with Crippen molar-refractivity contribution in [3.8, 4) is 11.1 Å². The second kappa shape index (κ2) is 11.0. The molecular weight excluding hydrogens is 568 g/mol. The number of rotatable bonds is 8. The number of ether oxygens (including phenoxy) is 1. The molecule has 1 amide bonds. The number of hydrogen-bond acceptors (Lipinski definition) is 7. The van der Waals surface area contributed by atoms with Crippen molar-refractivity contribution in [2.75, 3.05) is 37.0 Å². The number of hydrogen-bond donors (Lipinski definition) is 1. The first kappa shape index (κ1) is 29.5. The summed E-state index contributed by atoms with van der Waals surface area (Å²) in [6, 6.07) is 8.35. The molecule has 4 aromatic rings. The van der Waals surface area contributed by atoms with E-state index in [0.717, 1.165) is 67.2 Å². The van der Waals surface area contributed by atoms with Gasteiger partial charge >= 0.3 is 0 Å². The topological polar surface area (TPSA) is 102 Å². The first-order valence-corrected chi connectivity index (χ1v) is 15.8. The van der Waals surface area contributed by atoms with E-state index < -0.39 is 0 Å². The van der Waals surface area contributed by atoms with Crippen LogP contribution in [0.15, 0.2) is 41.5 Å². The average molecular weight is 611 g/mol. The molecule has 7 rings (SSSR count). The van der Waals surface area contributed by atoms with Crippen LogP contribution in [0.1, 0.15) is 53.8 Å². The lowest BCUT2D eigenvalue weighted by atomic mass is 9.90. The second-order valence-electron chi connectivity index (χ2n) is 13.6. The zero-order chi connectivity index (χ0) is 31.6. The maximum atomic E-state index is 13.9. The number of fused-ring (bicyclic) bond motifs is 3. The summed E-state index contributed by atoms with van der Waals surface area (Å²) in [7, 11) is 5.76. The number of amides is 1. The van der Waals surface area contributed by atoms with Gasteiger partial charge in [-0.25, -0.2) is 4.98 Å². The summed E-state index contributed by atoms with van der Waals surface area (Å²) in [5.74, 6) is 1.30. The highest BCUT2D eigenvalue weighted by Gasteiger charge is 2.37. The minimum Gasteiger partial charge on any atom is -0.378 e. The average Bonchev–Trinajstić information content (AvgIpc) is 3.58. The van der Waals surface area contributed by atoms with Crippen LogP contribution in [0.5, 0.6) is 0 Å². The van der Waals surface area contributed by atoms with Crippen LogP contribution in [-0.2, 0) is 51.2 Å². The third-order valence-corrected chi connectivity index (χ3v) is 9.66. The van der Waals surface area contributed by atoms with Gasteiger partial charge in [0.05, 0.1) is 24.9 Å². The Labute approximate surface area is 263 Å². The molecule has 0 saturated carbocycles. The summed E-state index contributed by atoms with van der Waals surface area (Å²) in [6.07, 6.45) is 6.29. The molecule has 1 fully saturated rings. The highest BCUT2D eigenvalue weighted by molar-refractivity contribution is 6.06. The minimum absolute atomic E-state index is 0.00272. The van der Waals surface area contributed by atoms with Gasteiger partial charge in [0, 0.05) is 69.0 Å². The molecule has 45 heavy (non-hydrogen) atoms. The van der Waals surface area contributed by atoms with Crippen LogP contribution in [-0.4, -0.2) is 67.6 Å². The lowest BCUT2D eigenvalue weighted by Crippen LogP contribution is -2.46. The molecule has 1 saturated heterocycles. The number of carbonyl (C=O) groups excluding carboxylic acids is 1. The maximum Gasteiger partial charge on any atom is 0.276 e. The Morgan fingerprint density at radius 2 is 1.91 bits per heavy atom. The van der Waals surface area contributed by atoms with Crippen LogP contribution >= 0.6 is 0 Å². The Kier molecular flexibility index (Phi) is 7.20. The summed E-state index contributed by atoms with van der Waals surface area (Å²) in [4.78, 5) is 36.0. The molecule has 4 aromatic heterocycles. The molecule has 0 atom stereocenters. The molecule has 0 spiro atoms. The maximum absolute atomic E-state index is 13.9. The summed E-state index contributed by atoms with van der Waals surface area (Å²) in [5, 5.41) is 7.92. The molecule has 6 heterocycles. The quantitative estimate of drug-likeness (QED) is 0.323. The Bertz CT molecular complexity index is 1860. The Morgan fingerprint density at radius 1 is 1.11 bits per heavy atom. The molecule has 11 heteroatoms. The van der Waals surface area contributed by atoms with Gasteiger partial charge in [-0.3, -0.25) is 24.1 Å². The number of anilines is 3. The van der Waals surface area contributed by atoms with Gasteiger partial charge in [0.25, 0.3) is 11.5 Å². The number of carbonyl (C=O) groups is 1. The van der Waals surface area contributed by atoms with Gasteiger partial charge in [-0.05, 0) is 61.1 Å². The smallest absolute Gasteiger partial charge is 0.276 e. The van der Waals surface area contributed by atoms with Gasteiger partial charge in [-0.15, -0.1) is 0 Å². The monoisotopic (exact) mass is 610 g/mol. The molecule has 0 bridgehead atoms. The molecule has 236 valence electrons. The van der Waals surface area contributed by atoms with Crippen LogP contribution in [0, 0.1) is 5.41 Å². The van der Waals surface area contributed by atoms with Crippen molar-refractivity contribution in [2.45, 2.75) is 59.2 Å². The van der Waals surface area contributed by atoms with Crippen LogP contribution in [0.25, 0.3) is 11.1 Å². The zero-order valence-electron chi connectivity index (χ0n) is 27.1. The fraction of sp³-hybridized carbons (Fsp3) is 0.471. The largest absolute Gasteiger partial charge is 0.378 e. The number of likely N-dealkylation sites (N-methyl/N-ethyl adjacent to an activating group) is 1. The summed E-state index contributed by atoms with van der Waals surface area (Å²) < 4.78 is 11.0. The van der Waals surface area contributed by atoms with E-state index in [1.165, 1.54) is 11.3 Å². The summed E-state index contributed by atoms with van der Waals surface area (Å²) in [5.41, 5.74) is 7.73. The van der Waals surface area contributed by atoms with Crippen molar-refractivity contribution >= 4 is 23.2 Å². The lowest BCUT2D eigenvalue weighted by molar-refractivity contribution is -0.0592. The Morgan fingerprint density at radius 3 is 2.64 bits per heavy atom. The van der Waals surface area contributed by atoms with Crippen LogP contribution < -0.4 is 15.8 Å².